The van der Waals surface area contributed by atoms with E-state index in [1.165, 1.54) is 0 Å². The maximum atomic E-state index is 11.5. The summed E-state index contributed by atoms with van der Waals surface area (Å²) in [4.78, 5) is 26.9. The van der Waals surface area contributed by atoms with Crippen molar-refractivity contribution in [1.82, 2.24) is 10.6 Å². The third kappa shape index (κ3) is 10.4. The van der Waals surface area contributed by atoms with Crippen molar-refractivity contribution in [2.75, 3.05) is 13.2 Å². The fourth-order valence-corrected chi connectivity index (χ4v) is 2.04. The number of carbonyl (C=O) groups is 2. The van der Waals surface area contributed by atoms with Crippen LogP contribution in [0.25, 0.3) is 0 Å². The lowest BCUT2D eigenvalue weighted by atomic mass is 10.1. The van der Waals surface area contributed by atoms with E-state index in [9.17, 15) is 9.59 Å². The zero-order chi connectivity index (χ0) is 17.5. The fourth-order valence-electron chi connectivity index (χ4n) is 2.04. The number of alkyl carbamates (subject to hydrolysis) is 1. The first-order valence-electron chi connectivity index (χ1n) is 8.38. The molecule has 1 aromatic carbocycles. The molecule has 6 nitrogen and oxygen atoms in total. The number of amides is 2. The first-order chi connectivity index (χ1) is 11.7. The number of aliphatic imine (C=N–C) groups is 1. The molecular weight excluding hydrogens is 306 g/mol. The predicted molar refractivity (Wildman–Crippen MR) is 94.9 cm³/mol. The Hall–Kier alpha value is -2.37. The molecule has 0 aliphatic carbocycles. The number of hydrogen-bond acceptors (Lipinski definition) is 4. The summed E-state index contributed by atoms with van der Waals surface area (Å²) in [6.07, 6.45) is 5.45. The molecule has 2 N–H and O–H groups in total. The highest BCUT2D eigenvalue weighted by molar-refractivity contribution is 5.75. The second kappa shape index (κ2) is 13.1. The van der Waals surface area contributed by atoms with E-state index < -0.39 is 6.09 Å². The van der Waals surface area contributed by atoms with Crippen molar-refractivity contribution in [2.45, 2.75) is 45.6 Å². The molecule has 0 atom stereocenters. The zero-order valence-electron chi connectivity index (χ0n) is 14.3. The summed E-state index contributed by atoms with van der Waals surface area (Å²) < 4.78 is 5.12. The molecule has 0 aromatic heterocycles. The van der Waals surface area contributed by atoms with Gasteiger partial charge in [0.05, 0.1) is 0 Å². The van der Waals surface area contributed by atoms with Crippen LogP contribution < -0.4 is 10.6 Å². The number of benzene rings is 1. The predicted octanol–water partition coefficient (Wildman–Crippen LogP) is 3.03. The number of nitrogens with one attached hydrogen (secondary N) is 2. The average molecular weight is 333 g/mol. The first kappa shape index (κ1) is 19.7. The maximum absolute atomic E-state index is 11.5. The van der Waals surface area contributed by atoms with Crippen molar-refractivity contribution >= 4 is 18.2 Å². The van der Waals surface area contributed by atoms with E-state index >= 15 is 0 Å². The minimum atomic E-state index is -0.394. The standard InChI is InChI=1S/C18H27N3O3/c1-2-19-15-21-17(22)12-8-3-4-9-13-20-18(23)24-14-16-10-6-5-7-11-16/h2,5-7,10-11H,3-4,8-9,12-15H2,1H3,(H,20,23)(H,21,22)/b19-2-. The molecule has 0 unspecified atom stereocenters. The Bertz CT molecular complexity index is 503. The Morgan fingerprint density at radius 2 is 1.83 bits per heavy atom. The number of carbonyl (C=O) groups excluding carboxylic acids is 2. The van der Waals surface area contributed by atoms with E-state index in [4.69, 9.17) is 4.74 Å². The van der Waals surface area contributed by atoms with Gasteiger partial charge in [-0.1, -0.05) is 43.2 Å². The highest BCUT2D eigenvalue weighted by atomic mass is 16.5. The Morgan fingerprint density at radius 3 is 2.58 bits per heavy atom. The average Bonchev–Trinajstić information content (AvgIpc) is 2.60. The summed E-state index contributed by atoms with van der Waals surface area (Å²) in [6.45, 7) is 3.04. The van der Waals surface area contributed by atoms with Gasteiger partial charge in [-0.15, -0.1) is 0 Å². The number of ether oxygens (including phenoxy) is 1. The van der Waals surface area contributed by atoms with E-state index in [0.29, 0.717) is 19.6 Å². The van der Waals surface area contributed by atoms with E-state index in [0.717, 1.165) is 31.2 Å². The third-order valence-electron chi connectivity index (χ3n) is 3.36. The topological polar surface area (TPSA) is 79.8 Å². The van der Waals surface area contributed by atoms with Gasteiger partial charge in [0.25, 0.3) is 0 Å². The van der Waals surface area contributed by atoms with Gasteiger partial charge in [-0.3, -0.25) is 9.79 Å². The molecule has 1 rings (SSSR count). The molecule has 132 valence electrons. The SMILES string of the molecule is C/C=N\CNC(=O)CCCCCCNC(=O)OCc1ccccc1. The summed E-state index contributed by atoms with van der Waals surface area (Å²) in [5.41, 5.74) is 0.968. The second-order valence-electron chi connectivity index (χ2n) is 5.35. The molecule has 0 aliphatic heterocycles. The van der Waals surface area contributed by atoms with Crippen LogP contribution in [0.15, 0.2) is 35.3 Å². The monoisotopic (exact) mass is 333 g/mol. The van der Waals surface area contributed by atoms with Gasteiger partial charge in [0.2, 0.25) is 5.91 Å². The highest BCUT2D eigenvalue weighted by Crippen LogP contribution is 2.03. The van der Waals surface area contributed by atoms with Crippen molar-refractivity contribution in [3.63, 3.8) is 0 Å². The largest absolute Gasteiger partial charge is 0.445 e. The molecule has 0 saturated heterocycles. The van der Waals surface area contributed by atoms with Crippen LogP contribution in [0.4, 0.5) is 4.79 Å². The molecule has 0 aliphatic rings. The molecule has 0 heterocycles. The summed E-state index contributed by atoms with van der Waals surface area (Å²) in [5.74, 6) is 0.0308. The van der Waals surface area contributed by atoms with E-state index in [1.807, 2.05) is 37.3 Å². The van der Waals surface area contributed by atoms with Gasteiger partial charge in [0.1, 0.15) is 13.3 Å². The molecule has 0 spiro atoms. The molecule has 0 bridgehead atoms. The summed E-state index contributed by atoms with van der Waals surface area (Å²) in [5, 5.41) is 5.45. The molecular formula is C18H27N3O3. The summed E-state index contributed by atoms with van der Waals surface area (Å²) in [6, 6.07) is 9.57. The lowest BCUT2D eigenvalue weighted by Gasteiger charge is -2.07. The van der Waals surface area contributed by atoms with Gasteiger partial charge in [0.15, 0.2) is 0 Å². The van der Waals surface area contributed by atoms with E-state index in [-0.39, 0.29) is 12.5 Å². The van der Waals surface area contributed by atoms with E-state index in [2.05, 4.69) is 15.6 Å². The summed E-state index contributed by atoms with van der Waals surface area (Å²) in [7, 11) is 0. The van der Waals surface area contributed by atoms with Crippen LogP contribution in [0.5, 0.6) is 0 Å². The highest BCUT2D eigenvalue weighted by Gasteiger charge is 2.02. The van der Waals surface area contributed by atoms with E-state index in [1.54, 1.807) is 6.21 Å². The van der Waals surface area contributed by atoms with Crippen LogP contribution in [-0.2, 0) is 16.1 Å². The Morgan fingerprint density at radius 1 is 1.08 bits per heavy atom. The quantitative estimate of drug-likeness (QED) is 0.482. The van der Waals surface area contributed by atoms with Crippen molar-refractivity contribution in [2.24, 2.45) is 4.99 Å². The first-order valence-corrected chi connectivity index (χ1v) is 8.38. The number of unbranched alkanes of at least 4 members (excludes halogenated alkanes) is 3. The molecule has 2 amide bonds. The van der Waals surface area contributed by atoms with Crippen LogP contribution >= 0.6 is 0 Å². The van der Waals surface area contributed by atoms with Gasteiger partial charge in [-0.05, 0) is 31.5 Å². The second-order valence-corrected chi connectivity index (χ2v) is 5.35. The van der Waals surface area contributed by atoms with Crippen LogP contribution in [0.1, 0.15) is 44.6 Å². The Labute approximate surface area is 143 Å². The van der Waals surface area contributed by atoms with Crippen LogP contribution in [-0.4, -0.2) is 31.4 Å². The molecule has 6 heteroatoms. The maximum Gasteiger partial charge on any atom is 0.407 e. The minimum absolute atomic E-state index is 0.0308. The Balaban J connectivity index is 1.92. The van der Waals surface area contributed by atoms with Gasteiger partial charge in [-0.25, -0.2) is 4.79 Å². The lowest BCUT2D eigenvalue weighted by Crippen LogP contribution is -2.25. The zero-order valence-corrected chi connectivity index (χ0v) is 14.3. The van der Waals surface area contributed by atoms with Crippen molar-refractivity contribution in [3.8, 4) is 0 Å². The third-order valence-corrected chi connectivity index (χ3v) is 3.36. The molecule has 24 heavy (non-hydrogen) atoms. The van der Waals surface area contributed by atoms with Crippen molar-refractivity contribution < 1.29 is 14.3 Å². The smallest absolute Gasteiger partial charge is 0.407 e. The van der Waals surface area contributed by atoms with Crippen molar-refractivity contribution in [1.29, 1.82) is 0 Å². The van der Waals surface area contributed by atoms with Gasteiger partial charge in [0, 0.05) is 13.0 Å². The molecule has 0 saturated carbocycles. The van der Waals surface area contributed by atoms with Crippen LogP contribution in [0.3, 0.4) is 0 Å². The van der Waals surface area contributed by atoms with Crippen LogP contribution in [0, 0.1) is 0 Å². The van der Waals surface area contributed by atoms with Gasteiger partial charge in [-0.2, -0.15) is 0 Å². The van der Waals surface area contributed by atoms with Crippen LogP contribution in [0.2, 0.25) is 0 Å². The Kier molecular flexibility index (Phi) is 10.7. The normalized spacial score (nSPS) is 10.5. The minimum Gasteiger partial charge on any atom is -0.445 e. The molecule has 1 aromatic rings. The molecule has 0 fully saturated rings. The number of hydrogen-bond donors (Lipinski definition) is 2. The summed E-state index contributed by atoms with van der Waals surface area (Å²) >= 11 is 0. The van der Waals surface area contributed by atoms with Gasteiger partial charge < -0.3 is 15.4 Å². The van der Waals surface area contributed by atoms with Crippen molar-refractivity contribution in [3.05, 3.63) is 35.9 Å². The number of rotatable bonds is 11. The fraction of sp³-hybridized carbons (Fsp3) is 0.500. The number of nitrogens with zero attached hydrogens (tertiary/aromatic N) is 1. The lowest BCUT2D eigenvalue weighted by molar-refractivity contribution is -0.121. The van der Waals surface area contributed by atoms with Gasteiger partial charge >= 0.3 is 6.09 Å². The molecule has 0 radical (unpaired) electrons.